The summed E-state index contributed by atoms with van der Waals surface area (Å²) in [5.41, 5.74) is 1.91. The summed E-state index contributed by atoms with van der Waals surface area (Å²) in [6.07, 6.45) is 2.78. The van der Waals surface area contributed by atoms with Gasteiger partial charge in [-0.05, 0) is 75.9 Å². The maximum atomic E-state index is 13.5. The zero-order chi connectivity index (χ0) is 25.4. The molecule has 9 heteroatoms. The number of ether oxygens (including phenoxy) is 6. The number of carbonyl (C=O) groups is 2. The predicted octanol–water partition coefficient (Wildman–Crippen LogP) is 3.09. The van der Waals surface area contributed by atoms with Gasteiger partial charge in [0.15, 0.2) is 23.7 Å². The molecule has 3 heterocycles. The van der Waals surface area contributed by atoms with Crippen molar-refractivity contribution in [2.75, 3.05) is 33.6 Å². The number of nitrogens with zero attached hydrogens (tertiary/aromatic N) is 1. The Labute approximate surface area is 211 Å². The maximum absolute atomic E-state index is 13.5. The third-order valence-electron chi connectivity index (χ3n) is 7.56. The van der Waals surface area contributed by atoms with Gasteiger partial charge in [0.2, 0.25) is 6.79 Å². The molecule has 0 N–H and O–H groups in total. The van der Waals surface area contributed by atoms with Gasteiger partial charge >= 0.3 is 11.9 Å². The number of benzene rings is 1. The minimum absolute atomic E-state index is 0.187. The number of hydrogen-bond acceptors (Lipinski definition) is 9. The number of methoxy groups -OCH3 is 1. The zero-order valence-corrected chi connectivity index (χ0v) is 21.4. The summed E-state index contributed by atoms with van der Waals surface area (Å²) in [4.78, 5) is 28.2. The van der Waals surface area contributed by atoms with Crippen molar-refractivity contribution in [1.82, 2.24) is 4.90 Å². The monoisotopic (exact) mass is 501 g/mol. The summed E-state index contributed by atoms with van der Waals surface area (Å²) in [7, 11) is 1.61. The highest BCUT2D eigenvalue weighted by Crippen LogP contribution is 2.55. The Hall–Kier alpha value is -2.78. The van der Waals surface area contributed by atoms with E-state index in [1.807, 2.05) is 19.9 Å². The van der Waals surface area contributed by atoms with Crippen LogP contribution < -0.4 is 9.47 Å². The predicted molar refractivity (Wildman–Crippen MR) is 129 cm³/mol. The lowest BCUT2D eigenvalue weighted by Crippen LogP contribution is -2.48. The van der Waals surface area contributed by atoms with E-state index in [1.54, 1.807) is 14.0 Å². The lowest BCUT2D eigenvalue weighted by Gasteiger charge is -2.39. The summed E-state index contributed by atoms with van der Waals surface area (Å²) in [6, 6.07) is 4.10. The SMILES string of the molecule is CCOC(=O)CC(OC(C)C)C(=O)OC1C(OC)=CC23CCCN2CCc2cc4c(cc2[C@H]13)OCO4. The molecule has 0 bridgehead atoms. The fourth-order valence-electron chi connectivity index (χ4n) is 6.18. The molecule has 1 aliphatic carbocycles. The molecule has 3 unspecified atom stereocenters. The van der Waals surface area contributed by atoms with Crippen LogP contribution in [0.25, 0.3) is 0 Å². The molecule has 1 aromatic carbocycles. The van der Waals surface area contributed by atoms with Gasteiger partial charge < -0.3 is 28.4 Å². The Kier molecular flexibility index (Phi) is 6.87. The first-order valence-corrected chi connectivity index (χ1v) is 12.8. The van der Waals surface area contributed by atoms with Crippen LogP contribution in [0.2, 0.25) is 0 Å². The molecule has 4 aliphatic rings. The van der Waals surface area contributed by atoms with Gasteiger partial charge in [-0.15, -0.1) is 0 Å². The second-order valence-electron chi connectivity index (χ2n) is 10.0. The van der Waals surface area contributed by atoms with Gasteiger partial charge in [-0.2, -0.15) is 0 Å². The van der Waals surface area contributed by atoms with Crippen molar-refractivity contribution in [3.63, 3.8) is 0 Å². The molecule has 1 spiro atoms. The molecule has 5 rings (SSSR count). The number of carbonyl (C=O) groups excluding carboxylic acids is 2. The molecule has 0 amide bonds. The molecule has 9 nitrogen and oxygen atoms in total. The first kappa shape index (κ1) is 24.9. The molecule has 0 saturated carbocycles. The van der Waals surface area contributed by atoms with E-state index in [0.717, 1.165) is 49.2 Å². The van der Waals surface area contributed by atoms with Crippen LogP contribution in [0.4, 0.5) is 0 Å². The first-order chi connectivity index (χ1) is 17.4. The van der Waals surface area contributed by atoms with E-state index >= 15 is 0 Å². The van der Waals surface area contributed by atoms with E-state index in [-0.39, 0.29) is 37.4 Å². The molecule has 1 fully saturated rings. The van der Waals surface area contributed by atoms with E-state index in [2.05, 4.69) is 17.0 Å². The summed E-state index contributed by atoms with van der Waals surface area (Å²) >= 11 is 0. The molecular weight excluding hydrogens is 466 g/mol. The molecule has 4 atom stereocenters. The number of esters is 2. The number of hydrogen-bond donors (Lipinski definition) is 0. The van der Waals surface area contributed by atoms with Crippen molar-refractivity contribution >= 4 is 11.9 Å². The summed E-state index contributed by atoms with van der Waals surface area (Å²) < 4.78 is 34.3. The van der Waals surface area contributed by atoms with Crippen molar-refractivity contribution in [3.05, 3.63) is 35.1 Å². The third-order valence-corrected chi connectivity index (χ3v) is 7.56. The number of fused-ring (bicyclic) bond motifs is 3. The van der Waals surface area contributed by atoms with Gasteiger partial charge in [0.05, 0.1) is 37.7 Å². The largest absolute Gasteiger partial charge is 0.497 e. The highest BCUT2D eigenvalue weighted by atomic mass is 16.7. The molecular formula is C27H35NO8. The van der Waals surface area contributed by atoms with E-state index in [0.29, 0.717) is 11.5 Å². The normalized spacial score (nSPS) is 27.0. The molecule has 36 heavy (non-hydrogen) atoms. The maximum Gasteiger partial charge on any atom is 0.336 e. The van der Waals surface area contributed by atoms with Gasteiger partial charge in [-0.25, -0.2) is 4.79 Å². The smallest absolute Gasteiger partial charge is 0.336 e. The van der Waals surface area contributed by atoms with Crippen LogP contribution in [0.3, 0.4) is 0 Å². The summed E-state index contributed by atoms with van der Waals surface area (Å²) in [5, 5.41) is 0. The molecule has 1 aromatic rings. The molecule has 196 valence electrons. The first-order valence-electron chi connectivity index (χ1n) is 12.8. The lowest BCUT2D eigenvalue weighted by molar-refractivity contribution is -0.171. The van der Waals surface area contributed by atoms with Crippen LogP contribution in [0.15, 0.2) is 24.0 Å². The molecule has 1 saturated heterocycles. The summed E-state index contributed by atoms with van der Waals surface area (Å²) in [5.74, 6) is 0.780. The molecule has 0 radical (unpaired) electrons. The van der Waals surface area contributed by atoms with Crippen LogP contribution in [-0.2, 0) is 35.0 Å². The number of rotatable bonds is 8. The molecule has 0 aromatic heterocycles. The average molecular weight is 502 g/mol. The van der Waals surface area contributed by atoms with Gasteiger partial charge in [-0.1, -0.05) is 0 Å². The van der Waals surface area contributed by atoms with Crippen LogP contribution >= 0.6 is 0 Å². The fraction of sp³-hybridized carbons (Fsp3) is 0.630. The van der Waals surface area contributed by atoms with Gasteiger partial charge in [0.25, 0.3) is 0 Å². The lowest BCUT2D eigenvalue weighted by atomic mass is 9.77. The van der Waals surface area contributed by atoms with Crippen molar-refractivity contribution in [2.45, 2.75) is 76.2 Å². The topological polar surface area (TPSA) is 92.8 Å². The third kappa shape index (κ3) is 4.32. The minimum Gasteiger partial charge on any atom is -0.497 e. The van der Waals surface area contributed by atoms with E-state index in [9.17, 15) is 9.59 Å². The fourth-order valence-corrected chi connectivity index (χ4v) is 6.18. The van der Waals surface area contributed by atoms with E-state index in [1.165, 1.54) is 0 Å². The summed E-state index contributed by atoms with van der Waals surface area (Å²) in [6.45, 7) is 7.64. The Balaban J connectivity index is 1.51. The second-order valence-corrected chi connectivity index (χ2v) is 10.0. The standard InChI is InChI=1S/C27H35NO8/c1-5-32-23(29)13-21(35-16(2)3)26(30)36-25-22(31-4)14-27-8-6-9-28(27)10-7-17-11-19-20(34-15-33-19)12-18(17)24(25)27/h11-12,14,16,21,24-25H,5-10,13,15H2,1-4H3/t21?,24-,25?,27?/m1/s1. The Bertz CT molecular complexity index is 1050. The van der Waals surface area contributed by atoms with Crippen LogP contribution in [0.1, 0.15) is 57.1 Å². The molecule has 3 aliphatic heterocycles. The van der Waals surface area contributed by atoms with Gasteiger partial charge in [0, 0.05) is 6.54 Å². The van der Waals surface area contributed by atoms with E-state index in [4.69, 9.17) is 28.4 Å². The Morgan fingerprint density at radius 1 is 1.19 bits per heavy atom. The Morgan fingerprint density at radius 3 is 2.69 bits per heavy atom. The van der Waals surface area contributed by atoms with Crippen molar-refractivity contribution in [3.8, 4) is 11.5 Å². The van der Waals surface area contributed by atoms with Crippen molar-refractivity contribution in [1.29, 1.82) is 0 Å². The van der Waals surface area contributed by atoms with Crippen molar-refractivity contribution < 1.29 is 38.0 Å². The van der Waals surface area contributed by atoms with Gasteiger partial charge in [-0.3, -0.25) is 9.69 Å². The second kappa shape index (κ2) is 9.94. The van der Waals surface area contributed by atoms with Crippen LogP contribution in [0.5, 0.6) is 11.5 Å². The highest BCUT2D eigenvalue weighted by molar-refractivity contribution is 5.82. The quantitative estimate of drug-likeness (QED) is 0.498. The van der Waals surface area contributed by atoms with Crippen molar-refractivity contribution in [2.24, 2.45) is 0 Å². The zero-order valence-electron chi connectivity index (χ0n) is 21.4. The van der Waals surface area contributed by atoms with Gasteiger partial charge in [0.1, 0.15) is 5.76 Å². The highest BCUT2D eigenvalue weighted by Gasteiger charge is 2.58. The Morgan fingerprint density at radius 2 is 1.97 bits per heavy atom. The average Bonchev–Trinajstić information content (AvgIpc) is 3.52. The van der Waals surface area contributed by atoms with Crippen LogP contribution in [-0.4, -0.2) is 74.3 Å². The van der Waals surface area contributed by atoms with E-state index < -0.39 is 24.1 Å². The minimum atomic E-state index is -1.07. The van der Waals surface area contributed by atoms with Crippen LogP contribution in [0, 0.1) is 0 Å².